The molecule has 2 heteroatoms. The van der Waals surface area contributed by atoms with Crippen LogP contribution in [0.5, 0.6) is 0 Å². The Morgan fingerprint density at radius 1 is 1.33 bits per heavy atom. The van der Waals surface area contributed by atoms with Crippen LogP contribution in [0.3, 0.4) is 0 Å². The van der Waals surface area contributed by atoms with Crippen molar-refractivity contribution >= 4 is 11.8 Å². The number of hydrogen-bond donors (Lipinski definition) is 1. The summed E-state index contributed by atoms with van der Waals surface area (Å²) in [6.45, 7) is 7.86. The first-order chi connectivity index (χ1) is 5.54. The van der Waals surface area contributed by atoms with Gasteiger partial charge in [0.15, 0.2) is 0 Å². The zero-order valence-corrected chi connectivity index (χ0v) is 8.75. The van der Waals surface area contributed by atoms with Crippen LogP contribution in [0.15, 0.2) is 0 Å². The van der Waals surface area contributed by atoms with Gasteiger partial charge in [0, 0.05) is 5.25 Å². The fraction of sp³-hybridized carbons (Fsp3) is 0.600. The van der Waals surface area contributed by atoms with Gasteiger partial charge in [0.25, 0.3) is 0 Å². The summed E-state index contributed by atoms with van der Waals surface area (Å²) >= 11 is 1.64. The lowest BCUT2D eigenvalue weighted by Crippen LogP contribution is -2.17. The van der Waals surface area contributed by atoms with Gasteiger partial charge in [-0.15, -0.1) is 17.7 Å². The van der Waals surface area contributed by atoms with E-state index in [1.165, 1.54) is 0 Å². The van der Waals surface area contributed by atoms with Gasteiger partial charge in [-0.05, 0) is 19.8 Å². The minimum atomic E-state index is -0.433. The lowest BCUT2D eigenvalue weighted by molar-refractivity contribution is 0.516. The van der Waals surface area contributed by atoms with E-state index in [1.54, 1.807) is 18.7 Å². The van der Waals surface area contributed by atoms with Crippen LogP contribution < -0.4 is 0 Å². The van der Waals surface area contributed by atoms with E-state index in [9.17, 15) is 0 Å². The van der Waals surface area contributed by atoms with Crippen molar-refractivity contribution in [3.63, 3.8) is 0 Å². The summed E-state index contributed by atoms with van der Waals surface area (Å²) in [4.78, 5) is 0. The Labute approximate surface area is 78.9 Å². The number of hydrogen-bond acceptors (Lipinski definition) is 2. The molecule has 1 N–H and O–H groups in total. The molecule has 0 aliphatic heterocycles. The summed E-state index contributed by atoms with van der Waals surface area (Å²) in [5, 5.41) is 8.95. The fourth-order valence-corrected chi connectivity index (χ4v) is 2.12. The maximum absolute atomic E-state index is 8.50. The molecule has 0 heterocycles. The van der Waals surface area contributed by atoms with E-state index < -0.39 is 4.75 Å². The normalized spacial score (nSPS) is 13.8. The summed E-state index contributed by atoms with van der Waals surface area (Å²) in [7, 11) is 0. The van der Waals surface area contributed by atoms with Crippen LogP contribution in [0.2, 0.25) is 0 Å². The van der Waals surface area contributed by atoms with Gasteiger partial charge >= 0.3 is 0 Å². The Balaban J connectivity index is 4.54. The second-order valence-corrected chi connectivity index (χ2v) is 4.81. The first kappa shape index (κ1) is 11.3. The van der Waals surface area contributed by atoms with Crippen molar-refractivity contribution in [3.05, 3.63) is 0 Å². The molecule has 0 saturated carbocycles. The third-order valence-electron chi connectivity index (χ3n) is 1.13. The van der Waals surface area contributed by atoms with Crippen molar-refractivity contribution in [3.8, 4) is 23.9 Å². The lowest BCUT2D eigenvalue weighted by Gasteiger charge is -2.17. The molecule has 0 fully saturated rings. The summed E-state index contributed by atoms with van der Waals surface area (Å²) in [6, 6.07) is 0. The summed E-state index contributed by atoms with van der Waals surface area (Å²) < 4.78 is -0.433. The third kappa shape index (κ3) is 4.21. The van der Waals surface area contributed by atoms with Crippen LogP contribution in [0.4, 0.5) is 0 Å². The summed E-state index contributed by atoms with van der Waals surface area (Å²) in [5.74, 6) is 8.47. The van der Waals surface area contributed by atoms with Crippen molar-refractivity contribution in [2.24, 2.45) is 0 Å². The van der Waals surface area contributed by atoms with E-state index in [-0.39, 0.29) is 0 Å². The number of aliphatic hydroxyl groups is 1. The molecule has 1 nitrogen and oxygen atoms in total. The van der Waals surface area contributed by atoms with E-state index in [0.717, 1.165) is 0 Å². The molecule has 0 aromatic heterocycles. The molecule has 0 rings (SSSR count). The van der Waals surface area contributed by atoms with Gasteiger partial charge in [-0.3, -0.25) is 0 Å². The largest absolute Gasteiger partial charge is 0.462 e. The highest BCUT2D eigenvalue weighted by molar-refractivity contribution is 8.01. The molecule has 0 aromatic rings. The molecule has 0 spiro atoms. The van der Waals surface area contributed by atoms with Crippen LogP contribution in [-0.4, -0.2) is 15.1 Å². The minimum Gasteiger partial charge on any atom is -0.462 e. The molecule has 0 bridgehead atoms. The quantitative estimate of drug-likeness (QED) is 0.661. The van der Waals surface area contributed by atoms with Gasteiger partial charge in [-0.1, -0.05) is 19.8 Å². The fourth-order valence-electron chi connectivity index (χ4n) is 0.907. The van der Waals surface area contributed by atoms with Crippen LogP contribution in [0.1, 0.15) is 27.7 Å². The van der Waals surface area contributed by atoms with Crippen LogP contribution >= 0.6 is 11.8 Å². The lowest BCUT2D eigenvalue weighted by atomic mass is 10.2. The molecule has 0 aliphatic rings. The molecule has 1 atom stereocenters. The zero-order chi connectivity index (χ0) is 9.61. The predicted molar refractivity (Wildman–Crippen MR) is 54.3 cm³/mol. The number of rotatable bonds is 2. The van der Waals surface area contributed by atoms with Crippen molar-refractivity contribution in [1.29, 1.82) is 0 Å². The average molecular weight is 182 g/mol. The highest BCUT2D eigenvalue weighted by atomic mass is 32.2. The summed E-state index contributed by atoms with van der Waals surface area (Å²) in [5.41, 5.74) is 0. The Morgan fingerprint density at radius 3 is 2.25 bits per heavy atom. The highest BCUT2D eigenvalue weighted by Crippen LogP contribution is 2.27. The molecular formula is C10H14OS. The SMILES string of the molecule is CC#CC(C)(C#CO)SC(C)C. The Morgan fingerprint density at radius 2 is 1.92 bits per heavy atom. The molecule has 0 aromatic carbocycles. The molecule has 66 valence electrons. The monoisotopic (exact) mass is 182 g/mol. The molecule has 0 radical (unpaired) electrons. The molecule has 0 aliphatic carbocycles. The van der Waals surface area contributed by atoms with Gasteiger partial charge in [0.2, 0.25) is 0 Å². The zero-order valence-electron chi connectivity index (χ0n) is 7.93. The molecular weight excluding hydrogens is 168 g/mol. The Hall–Kier alpha value is -0.730. The maximum atomic E-state index is 8.50. The second-order valence-electron chi connectivity index (χ2n) is 2.81. The van der Waals surface area contributed by atoms with Gasteiger partial charge < -0.3 is 5.11 Å². The van der Waals surface area contributed by atoms with Gasteiger partial charge in [-0.2, -0.15) is 0 Å². The van der Waals surface area contributed by atoms with Crippen LogP contribution in [-0.2, 0) is 0 Å². The van der Waals surface area contributed by atoms with Crippen LogP contribution in [0, 0.1) is 23.9 Å². The minimum absolute atomic E-state index is 0.433. The van der Waals surface area contributed by atoms with Gasteiger partial charge in [0.1, 0.15) is 10.9 Å². The Bertz CT molecular complexity index is 226. The van der Waals surface area contributed by atoms with Crippen molar-refractivity contribution in [2.45, 2.75) is 37.7 Å². The second kappa shape index (κ2) is 5.01. The number of thioether (sulfide) groups is 1. The first-order valence-corrected chi connectivity index (χ1v) is 4.70. The predicted octanol–water partition coefficient (Wildman–Crippen LogP) is 2.24. The highest BCUT2D eigenvalue weighted by Gasteiger charge is 2.20. The average Bonchev–Trinajstić information content (AvgIpc) is 1.85. The standard InChI is InChI=1S/C10H14OS/c1-5-6-10(4,7-8-11)12-9(2)3/h9,11H,1-4H3. The van der Waals surface area contributed by atoms with Gasteiger partial charge in [-0.25, -0.2) is 0 Å². The van der Waals surface area contributed by atoms with E-state index in [2.05, 4.69) is 31.6 Å². The topological polar surface area (TPSA) is 20.2 Å². The molecule has 0 amide bonds. The third-order valence-corrected chi connectivity index (χ3v) is 2.28. The number of aliphatic hydroxyl groups excluding tert-OH is 1. The van der Waals surface area contributed by atoms with Gasteiger partial charge in [0.05, 0.1) is 0 Å². The van der Waals surface area contributed by atoms with E-state index in [1.807, 2.05) is 13.0 Å². The summed E-state index contributed by atoms with van der Waals surface area (Å²) in [6.07, 6.45) is 1.93. The molecule has 12 heavy (non-hydrogen) atoms. The molecule has 1 unspecified atom stereocenters. The van der Waals surface area contributed by atoms with Crippen LogP contribution in [0.25, 0.3) is 0 Å². The van der Waals surface area contributed by atoms with E-state index in [0.29, 0.717) is 5.25 Å². The van der Waals surface area contributed by atoms with Crippen molar-refractivity contribution in [1.82, 2.24) is 0 Å². The smallest absolute Gasteiger partial charge is 0.138 e. The maximum Gasteiger partial charge on any atom is 0.138 e. The first-order valence-electron chi connectivity index (χ1n) is 3.82. The Kier molecular flexibility index (Phi) is 4.71. The molecule has 0 saturated heterocycles. The van der Waals surface area contributed by atoms with Crippen molar-refractivity contribution in [2.75, 3.05) is 0 Å². The van der Waals surface area contributed by atoms with E-state index in [4.69, 9.17) is 5.11 Å². The van der Waals surface area contributed by atoms with E-state index >= 15 is 0 Å². The van der Waals surface area contributed by atoms with Crippen molar-refractivity contribution < 1.29 is 5.11 Å².